The van der Waals surface area contributed by atoms with Gasteiger partial charge in [0.2, 0.25) is 5.91 Å². The van der Waals surface area contributed by atoms with Gasteiger partial charge in [0.15, 0.2) is 5.13 Å². The lowest BCUT2D eigenvalue weighted by atomic mass is 10.2. The molecule has 0 unspecified atom stereocenters. The van der Waals surface area contributed by atoms with Gasteiger partial charge in [-0.25, -0.2) is 4.98 Å². The molecule has 148 valence electrons. The molecule has 29 heavy (non-hydrogen) atoms. The summed E-state index contributed by atoms with van der Waals surface area (Å²) in [7, 11) is 1.63. The molecular weight excluding hydrogens is 426 g/mol. The van der Waals surface area contributed by atoms with Crippen LogP contribution in [0, 0.1) is 6.92 Å². The second kappa shape index (κ2) is 8.49. The number of aromatic nitrogens is 2. The van der Waals surface area contributed by atoms with Crippen LogP contribution in [0.1, 0.15) is 16.0 Å². The molecule has 4 rings (SSSR count). The Labute approximate surface area is 181 Å². The van der Waals surface area contributed by atoms with Crippen LogP contribution in [0.5, 0.6) is 5.75 Å². The lowest BCUT2D eigenvalue weighted by molar-refractivity contribution is -0.118. The number of thiazole rings is 1. The van der Waals surface area contributed by atoms with Gasteiger partial charge in [-0.1, -0.05) is 35.1 Å². The molecule has 0 saturated carbocycles. The Kier molecular flexibility index (Phi) is 5.80. The number of halogens is 1. The topological polar surface area (TPSA) is 55.3 Å². The second-order valence-electron chi connectivity index (χ2n) is 6.48. The van der Waals surface area contributed by atoms with Crippen LogP contribution in [0.2, 0.25) is 4.34 Å². The van der Waals surface area contributed by atoms with Crippen LogP contribution in [0.25, 0.3) is 10.2 Å². The molecular formula is C21H18ClN3O2S2. The first-order chi connectivity index (χ1) is 14.0. The fourth-order valence-electron chi connectivity index (χ4n) is 3.01. The van der Waals surface area contributed by atoms with Crippen LogP contribution in [-0.4, -0.2) is 23.0 Å². The Morgan fingerprint density at radius 3 is 2.76 bits per heavy atom. The molecule has 0 aliphatic heterocycles. The number of benzene rings is 1. The number of methoxy groups -OCH3 is 1. The van der Waals surface area contributed by atoms with Gasteiger partial charge in [-0.2, -0.15) is 0 Å². The standard InChI is InChI=1S/C21H18ClN3O2S2/c1-13-5-7-16(27-2)19-20(13)29-21(24-19)25(12-14-4-3-9-23-11-14)18(26)10-15-6-8-17(22)28-15/h3-9,11H,10,12H2,1-2H3. The van der Waals surface area contributed by atoms with E-state index in [-0.39, 0.29) is 12.3 Å². The number of pyridine rings is 1. The third-order valence-corrected chi connectivity index (χ3v) is 6.91. The summed E-state index contributed by atoms with van der Waals surface area (Å²) in [4.78, 5) is 24.8. The maximum Gasteiger partial charge on any atom is 0.234 e. The van der Waals surface area contributed by atoms with Gasteiger partial charge in [-0.3, -0.25) is 14.7 Å². The van der Waals surface area contributed by atoms with Crippen molar-refractivity contribution in [3.05, 3.63) is 69.1 Å². The van der Waals surface area contributed by atoms with Crippen LogP contribution in [0.3, 0.4) is 0 Å². The van der Waals surface area contributed by atoms with E-state index in [1.165, 1.54) is 22.7 Å². The highest BCUT2D eigenvalue weighted by Gasteiger charge is 2.23. The summed E-state index contributed by atoms with van der Waals surface area (Å²) in [6, 6.07) is 11.4. The maximum atomic E-state index is 13.2. The number of amides is 1. The number of thiophene rings is 1. The first kappa shape index (κ1) is 19.8. The summed E-state index contributed by atoms with van der Waals surface area (Å²) in [5.74, 6) is 0.662. The zero-order chi connectivity index (χ0) is 20.4. The molecule has 0 bridgehead atoms. The molecule has 0 aliphatic rings. The lowest BCUT2D eigenvalue weighted by Crippen LogP contribution is -2.31. The number of carbonyl (C=O) groups excluding carboxylic acids is 1. The molecule has 0 N–H and O–H groups in total. The fourth-order valence-corrected chi connectivity index (χ4v) is 5.15. The largest absolute Gasteiger partial charge is 0.494 e. The van der Waals surface area contributed by atoms with E-state index in [9.17, 15) is 4.79 Å². The van der Waals surface area contributed by atoms with Crippen molar-refractivity contribution in [3.8, 4) is 5.75 Å². The summed E-state index contributed by atoms with van der Waals surface area (Å²) in [6.45, 7) is 2.43. The van der Waals surface area contributed by atoms with E-state index in [1.807, 2.05) is 43.3 Å². The summed E-state index contributed by atoms with van der Waals surface area (Å²) in [6.07, 6.45) is 3.75. The van der Waals surface area contributed by atoms with E-state index in [2.05, 4.69) is 4.98 Å². The van der Waals surface area contributed by atoms with Crippen molar-refractivity contribution in [2.75, 3.05) is 12.0 Å². The molecule has 0 spiro atoms. The summed E-state index contributed by atoms with van der Waals surface area (Å²) in [5, 5.41) is 0.643. The Bertz CT molecular complexity index is 1160. The number of rotatable bonds is 6. The monoisotopic (exact) mass is 443 g/mol. The van der Waals surface area contributed by atoms with Crippen molar-refractivity contribution < 1.29 is 9.53 Å². The number of carbonyl (C=O) groups is 1. The zero-order valence-electron chi connectivity index (χ0n) is 15.9. The number of fused-ring (bicyclic) bond motifs is 1. The smallest absolute Gasteiger partial charge is 0.234 e. The normalized spacial score (nSPS) is 11.0. The van der Waals surface area contributed by atoms with Crippen molar-refractivity contribution in [2.45, 2.75) is 19.9 Å². The van der Waals surface area contributed by atoms with E-state index in [0.717, 1.165) is 26.2 Å². The third kappa shape index (κ3) is 4.27. The number of anilines is 1. The van der Waals surface area contributed by atoms with Crippen molar-refractivity contribution >= 4 is 55.5 Å². The van der Waals surface area contributed by atoms with Crippen LogP contribution in [0.4, 0.5) is 5.13 Å². The van der Waals surface area contributed by atoms with Crippen LogP contribution < -0.4 is 9.64 Å². The molecule has 0 saturated heterocycles. The number of ether oxygens (including phenoxy) is 1. The van der Waals surface area contributed by atoms with Crippen LogP contribution in [-0.2, 0) is 17.8 Å². The van der Waals surface area contributed by atoms with Gasteiger partial charge in [-0.05, 0) is 42.3 Å². The lowest BCUT2D eigenvalue weighted by Gasteiger charge is -2.19. The Morgan fingerprint density at radius 1 is 1.21 bits per heavy atom. The minimum absolute atomic E-state index is 0.0388. The van der Waals surface area contributed by atoms with Gasteiger partial charge in [0.1, 0.15) is 11.3 Å². The van der Waals surface area contributed by atoms with Gasteiger partial charge < -0.3 is 4.74 Å². The highest BCUT2D eigenvalue weighted by atomic mass is 35.5. The molecule has 3 heterocycles. The third-order valence-electron chi connectivity index (χ3n) is 4.46. The molecule has 0 fully saturated rings. The molecule has 0 atom stereocenters. The number of nitrogens with zero attached hydrogens (tertiary/aromatic N) is 3. The predicted octanol–water partition coefficient (Wildman–Crippen LogP) is 5.50. The van der Waals surface area contributed by atoms with E-state index >= 15 is 0 Å². The van der Waals surface area contributed by atoms with Gasteiger partial charge in [0.25, 0.3) is 0 Å². The average molecular weight is 444 g/mol. The highest BCUT2D eigenvalue weighted by Crippen LogP contribution is 2.37. The van der Waals surface area contributed by atoms with E-state index in [1.54, 1.807) is 24.4 Å². The van der Waals surface area contributed by atoms with Gasteiger partial charge in [0.05, 0.1) is 29.1 Å². The van der Waals surface area contributed by atoms with Crippen molar-refractivity contribution in [1.82, 2.24) is 9.97 Å². The minimum atomic E-state index is -0.0388. The average Bonchev–Trinajstić information content (AvgIpc) is 3.34. The van der Waals surface area contributed by atoms with Crippen molar-refractivity contribution in [3.63, 3.8) is 0 Å². The first-order valence-corrected chi connectivity index (χ1v) is 10.9. The Morgan fingerprint density at radius 2 is 2.07 bits per heavy atom. The van der Waals surface area contributed by atoms with E-state index in [0.29, 0.717) is 21.8 Å². The van der Waals surface area contributed by atoms with Gasteiger partial charge in [0, 0.05) is 17.3 Å². The SMILES string of the molecule is COc1ccc(C)c2sc(N(Cc3cccnc3)C(=O)Cc3ccc(Cl)s3)nc12. The van der Waals surface area contributed by atoms with E-state index < -0.39 is 0 Å². The number of hydrogen-bond acceptors (Lipinski definition) is 6. The molecule has 1 aromatic carbocycles. The second-order valence-corrected chi connectivity index (χ2v) is 9.26. The molecule has 3 aromatic heterocycles. The summed E-state index contributed by atoms with van der Waals surface area (Å²) >= 11 is 8.95. The Balaban J connectivity index is 1.74. The summed E-state index contributed by atoms with van der Waals surface area (Å²) in [5.41, 5.74) is 2.81. The van der Waals surface area contributed by atoms with Crippen molar-refractivity contribution in [1.29, 1.82) is 0 Å². The zero-order valence-corrected chi connectivity index (χ0v) is 18.3. The Hall–Kier alpha value is -2.48. The molecule has 1 amide bonds. The van der Waals surface area contributed by atoms with E-state index in [4.69, 9.17) is 21.3 Å². The van der Waals surface area contributed by atoms with Gasteiger partial charge >= 0.3 is 0 Å². The molecule has 0 radical (unpaired) electrons. The molecule has 0 aliphatic carbocycles. The minimum Gasteiger partial charge on any atom is -0.494 e. The van der Waals surface area contributed by atoms with Crippen LogP contribution >= 0.6 is 34.3 Å². The highest BCUT2D eigenvalue weighted by molar-refractivity contribution is 7.22. The quantitative estimate of drug-likeness (QED) is 0.395. The summed E-state index contributed by atoms with van der Waals surface area (Å²) < 4.78 is 7.16. The predicted molar refractivity (Wildman–Crippen MR) is 119 cm³/mol. The molecule has 5 nitrogen and oxygen atoms in total. The maximum absolute atomic E-state index is 13.2. The van der Waals surface area contributed by atoms with Crippen molar-refractivity contribution in [2.24, 2.45) is 0 Å². The fraction of sp³-hybridized carbons (Fsp3) is 0.190. The number of hydrogen-bond donors (Lipinski definition) is 0. The molecule has 8 heteroatoms. The molecule has 4 aromatic rings. The van der Waals surface area contributed by atoms with Crippen LogP contribution in [0.15, 0.2) is 48.8 Å². The van der Waals surface area contributed by atoms with Gasteiger partial charge in [-0.15, -0.1) is 11.3 Å². The first-order valence-electron chi connectivity index (χ1n) is 8.93. The number of aryl methyl sites for hydroxylation is 1.